The average Bonchev–Trinajstić information content (AvgIpc) is 3.72. The molecule has 3 nitrogen and oxygen atoms in total. The number of rotatable bonds is 5. The number of hydrogen-bond donors (Lipinski definition) is 0. The van der Waals surface area contributed by atoms with Gasteiger partial charge in [0.15, 0.2) is 0 Å². The van der Waals surface area contributed by atoms with Crippen molar-refractivity contribution < 1.29 is 4.42 Å². The number of hydrogen-bond acceptors (Lipinski definition) is 2. The molecule has 10 aromatic rings. The van der Waals surface area contributed by atoms with Gasteiger partial charge in [-0.15, -0.1) is 0 Å². The summed E-state index contributed by atoms with van der Waals surface area (Å²) in [4.78, 5) is 2.46. The molecule has 49 heavy (non-hydrogen) atoms. The third-order valence-corrected chi connectivity index (χ3v) is 9.76. The molecule has 0 N–H and O–H groups in total. The fraction of sp³-hybridized carbons (Fsp3) is 0. The van der Waals surface area contributed by atoms with E-state index in [4.69, 9.17) is 4.42 Å². The molecule has 8 aromatic carbocycles. The molecule has 0 atom stereocenters. The Morgan fingerprint density at radius 1 is 0.388 bits per heavy atom. The van der Waals surface area contributed by atoms with Crippen molar-refractivity contribution in [3.63, 3.8) is 0 Å². The van der Waals surface area contributed by atoms with Gasteiger partial charge in [0.2, 0.25) is 0 Å². The van der Waals surface area contributed by atoms with Gasteiger partial charge in [0, 0.05) is 44.2 Å². The Morgan fingerprint density at radius 2 is 1.00 bits per heavy atom. The minimum atomic E-state index is 0.871. The molecule has 2 aromatic heterocycles. The van der Waals surface area contributed by atoms with Crippen LogP contribution in [-0.4, -0.2) is 4.57 Å². The second kappa shape index (κ2) is 11.0. The maximum absolute atomic E-state index is 6.63. The molecule has 0 aliphatic rings. The number of nitrogens with zero attached hydrogens (tertiary/aromatic N) is 2. The van der Waals surface area contributed by atoms with E-state index in [1.807, 2.05) is 6.07 Å². The predicted octanol–water partition coefficient (Wildman–Crippen LogP) is 13.0. The van der Waals surface area contributed by atoms with Crippen molar-refractivity contribution in [2.45, 2.75) is 0 Å². The Labute approximate surface area is 283 Å². The summed E-state index contributed by atoms with van der Waals surface area (Å²) in [6, 6.07) is 64.9. The Morgan fingerprint density at radius 3 is 1.84 bits per heavy atom. The van der Waals surface area contributed by atoms with E-state index >= 15 is 0 Å². The first-order valence-electron chi connectivity index (χ1n) is 16.7. The zero-order chi connectivity index (χ0) is 32.3. The van der Waals surface area contributed by atoms with Crippen LogP contribution in [0.1, 0.15) is 0 Å². The van der Waals surface area contributed by atoms with E-state index in [9.17, 15) is 0 Å². The van der Waals surface area contributed by atoms with E-state index in [1.54, 1.807) is 0 Å². The average molecular weight is 627 g/mol. The largest absolute Gasteiger partial charge is 0.456 e. The van der Waals surface area contributed by atoms with Crippen molar-refractivity contribution >= 4 is 71.6 Å². The molecular weight excluding hydrogens is 597 g/mol. The lowest BCUT2D eigenvalue weighted by Crippen LogP contribution is -2.12. The smallest absolute Gasteiger partial charge is 0.138 e. The van der Waals surface area contributed by atoms with Crippen LogP contribution in [-0.2, 0) is 0 Å². The first-order valence-corrected chi connectivity index (χ1v) is 16.7. The second-order valence-electron chi connectivity index (χ2n) is 12.5. The van der Waals surface area contributed by atoms with Crippen LogP contribution < -0.4 is 4.90 Å². The third-order valence-electron chi connectivity index (χ3n) is 9.76. The summed E-state index contributed by atoms with van der Waals surface area (Å²) in [5.41, 5.74) is 10.8. The first-order chi connectivity index (χ1) is 24.3. The molecule has 0 spiro atoms. The van der Waals surface area contributed by atoms with Crippen LogP contribution in [0.15, 0.2) is 186 Å². The lowest BCUT2D eigenvalue weighted by Gasteiger charge is -2.30. The number of furan rings is 1. The van der Waals surface area contributed by atoms with Crippen LogP contribution in [0, 0.1) is 0 Å². The minimum absolute atomic E-state index is 0.871. The normalized spacial score (nSPS) is 11.7. The fourth-order valence-corrected chi connectivity index (χ4v) is 7.72. The summed E-state index contributed by atoms with van der Waals surface area (Å²) >= 11 is 0. The molecule has 0 amide bonds. The van der Waals surface area contributed by atoms with Crippen molar-refractivity contribution in [1.29, 1.82) is 0 Å². The van der Waals surface area contributed by atoms with Crippen LogP contribution in [0.25, 0.3) is 71.3 Å². The minimum Gasteiger partial charge on any atom is -0.456 e. The van der Waals surface area contributed by atoms with Crippen molar-refractivity contribution in [3.8, 4) is 16.8 Å². The molecule has 2 heterocycles. The predicted molar refractivity (Wildman–Crippen MR) is 206 cm³/mol. The highest BCUT2D eigenvalue weighted by Gasteiger charge is 2.25. The van der Waals surface area contributed by atoms with Gasteiger partial charge in [0.05, 0.1) is 28.1 Å². The first kappa shape index (κ1) is 27.5. The Hall–Kier alpha value is -6.58. The van der Waals surface area contributed by atoms with Gasteiger partial charge in [-0.25, -0.2) is 0 Å². The maximum atomic E-state index is 6.63. The van der Waals surface area contributed by atoms with E-state index in [1.165, 1.54) is 21.7 Å². The monoisotopic (exact) mass is 626 g/mol. The van der Waals surface area contributed by atoms with Gasteiger partial charge in [0.1, 0.15) is 11.2 Å². The lowest BCUT2D eigenvalue weighted by molar-refractivity contribution is 0.669. The Kier molecular flexibility index (Phi) is 6.18. The van der Waals surface area contributed by atoms with Gasteiger partial charge < -0.3 is 13.9 Å². The molecule has 0 saturated heterocycles. The van der Waals surface area contributed by atoms with E-state index in [2.05, 4.69) is 185 Å². The van der Waals surface area contributed by atoms with Crippen LogP contribution >= 0.6 is 0 Å². The number of para-hydroxylation sites is 4. The summed E-state index contributed by atoms with van der Waals surface area (Å²) in [5, 5.41) is 7.00. The Balaban J connectivity index is 1.37. The molecule has 0 radical (unpaired) electrons. The van der Waals surface area contributed by atoms with Gasteiger partial charge in [-0.3, -0.25) is 0 Å². The highest BCUT2D eigenvalue weighted by atomic mass is 16.3. The molecule has 0 unspecified atom stereocenters. The van der Waals surface area contributed by atoms with Crippen LogP contribution in [0.4, 0.5) is 17.1 Å². The molecule has 10 rings (SSSR count). The van der Waals surface area contributed by atoms with Gasteiger partial charge in [-0.05, 0) is 53.4 Å². The summed E-state index contributed by atoms with van der Waals surface area (Å²) in [6.45, 7) is 0. The zero-order valence-electron chi connectivity index (χ0n) is 26.6. The molecular formula is C46H30N2O. The molecule has 0 aliphatic carbocycles. The second-order valence-corrected chi connectivity index (χ2v) is 12.5. The van der Waals surface area contributed by atoms with E-state index in [0.29, 0.717) is 0 Å². The number of fused-ring (bicyclic) bond motifs is 8. The summed E-state index contributed by atoms with van der Waals surface area (Å²) in [5.74, 6) is 0. The summed E-state index contributed by atoms with van der Waals surface area (Å²) in [6.07, 6.45) is 0. The zero-order valence-corrected chi connectivity index (χ0v) is 26.6. The molecule has 0 saturated carbocycles. The quantitative estimate of drug-likeness (QED) is 0.190. The number of aromatic nitrogens is 1. The van der Waals surface area contributed by atoms with Gasteiger partial charge in [0.25, 0.3) is 0 Å². The van der Waals surface area contributed by atoms with Gasteiger partial charge in [-0.2, -0.15) is 0 Å². The number of anilines is 3. The van der Waals surface area contributed by atoms with Crippen LogP contribution in [0.3, 0.4) is 0 Å². The van der Waals surface area contributed by atoms with Gasteiger partial charge >= 0.3 is 0 Å². The highest BCUT2D eigenvalue weighted by Crippen LogP contribution is 2.50. The third kappa shape index (κ3) is 4.23. The standard InChI is InChI=1S/C46H30N2O/c1-3-16-31(17-4-1)33-20-9-12-25-38(33)48(42-30-44-45(35-22-8-7-21-34(35)42)37-24-11-14-29-43(37)49-44)41-28-15-27-40-46(41)36-23-10-13-26-39(36)47(40)32-18-5-2-6-19-32/h1-30H. The lowest BCUT2D eigenvalue weighted by atomic mass is 9.98. The maximum Gasteiger partial charge on any atom is 0.138 e. The van der Waals surface area contributed by atoms with Crippen molar-refractivity contribution in [3.05, 3.63) is 182 Å². The molecule has 0 fully saturated rings. The van der Waals surface area contributed by atoms with Crippen LogP contribution in [0.2, 0.25) is 0 Å². The summed E-state index contributed by atoms with van der Waals surface area (Å²) in [7, 11) is 0. The molecule has 3 heteroatoms. The number of benzene rings is 8. The summed E-state index contributed by atoms with van der Waals surface area (Å²) < 4.78 is 9.01. The SMILES string of the molecule is c1ccc(-c2ccccc2N(c2cc3oc4ccccc4c3c3ccccc23)c2cccc3c2c2ccccc2n3-c2ccccc2)cc1. The van der Waals surface area contributed by atoms with E-state index < -0.39 is 0 Å². The van der Waals surface area contributed by atoms with Crippen molar-refractivity contribution in [1.82, 2.24) is 4.57 Å². The Bertz CT molecular complexity index is 2830. The van der Waals surface area contributed by atoms with Crippen molar-refractivity contribution in [2.75, 3.05) is 4.90 Å². The van der Waals surface area contributed by atoms with Crippen LogP contribution in [0.5, 0.6) is 0 Å². The topological polar surface area (TPSA) is 21.3 Å². The molecule has 0 bridgehead atoms. The van der Waals surface area contributed by atoms with E-state index in [-0.39, 0.29) is 0 Å². The van der Waals surface area contributed by atoms with Crippen molar-refractivity contribution in [2.24, 2.45) is 0 Å². The molecule has 230 valence electrons. The molecule has 0 aliphatic heterocycles. The van der Waals surface area contributed by atoms with E-state index in [0.717, 1.165) is 66.7 Å². The highest BCUT2D eigenvalue weighted by molar-refractivity contribution is 6.24. The fourth-order valence-electron chi connectivity index (χ4n) is 7.72. The van der Waals surface area contributed by atoms with Gasteiger partial charge in [-0.1, -0.05) is 133 Å².